The highest BCUT2D eigenvalue weighted by molar-refractivity contribution is 5.67. The van der Waals surface area contributed by atoms with Gasteiger partial charge >= 0.3 is 5.97 Å². The van der Waals surface area contributed by atoms with E-state index < -0.39 is 5.97 Å². The van der Waals surface area contributed by atoms with Gasteiger partial charge in [0.1, 0.15) is 0 Å². The van der Waals surface area contributed by atoms with Gasteiger partial charge in [0.2, 0.25) is 0 Å². The SMILES string of the molecule is CCc1ccc(-c2nnnn2CC(CC)CC(=O)O)cc1. The topological polar surface area (TPSA) is 80.9 Å². The number of aromatic nitrogens is 4. The van der Waals surface area contributed by atoms with Gasteiger partial charge in [-0.2, -0.15) is 0 Å². The van der Waals surface area contributed by atoms with Gasteiger partial charge in [0.25, 0.3) is 0 Å². The molecule has 0 aliphatic heterocycles. The number of rotatable bonds is 7. The van der Waals surface area contributed by atoms with Crippen molar-refractivity contribution in [1.29, 1.82) is 0 Å². The van der Waals surface area contributed by atoms with Crippen LogP contribution in [0.15, 0.2) is 24.3 Å². The van der Waals surface area contributed by atoms with Crippen LogP contribution in [-0.2, 0) is 17.8 Å². The van der Waals surface area contributed by atoms with Gasteiger partial charge in [-0.3, -0.25) is 4.79 Å². The average molecular weight is 288 g/mol. The minimum absolute atomic E-state index is 0.0275. The maximum Gasteiger partial charge on any atom is 0.303 e. The molecule has 0 spiro atoms. The molecule has 0 fully saturated rings. The Balaban J connectivity index is 2.18. The van der Waals surface area contributed by atoms with Crippen molar-refractivity contribution in [3.63, 3.8) is 0 Å². The molecule has 0 amide bonds. The van der Waals surface area contributed by atoms with Crippen LogP contribution in [-0.4, -0.2) is 31.3 Å². The van der Waals surface area contributed by atoms with E-state index in [9.17, 15) is 4.79 Å². The van der Waals surface area contributed by atoms with Gasteiger partial charge in [0.15, 0.2) is 5.82 Å². The lowest BCUT2D eigenvalue weighted by molar-refractivity contribution is -0.138. The first kappa shape index (κ1) is 15.2. The summed E-state index contributed by atoms with van der Waals surface area (Å²) in [5.74, 6) is -0.0788. The number of aliphatic carboxylic acids is 1. The van der Waals surface area contributed by atoms with Crippen LogP contribution in [0.2, 0.25) is 0 Å². The van der Waals surface area contributed by atoms with Crippen LogP contribution in [0.1, 0.15) is 32.3 Å². The van der Waals surface area contributed by atoms with Crippen molar-refractivity contribution < 1.29 is 9.90 Å². The van der Waals surface area contributed by atoms with E-state index in [1.807, 2.05) is 19.1 Å². The molecular formula is C15H20N4O2. The highest BCUT2D eigenvalue weighted by Gasteiger charge is 2.16. The standard InChI is InChI=1S/C15H20N4O2/c1-3-11-5-7-13(8-6-11)15-16-17-18-19(15)10-12(4-2)9-14(20)21/h5-8,12H,3-4,9-10H2,1-2H3,(H,20,21). The van der Waals surface area contributed by atoms with E-state index >= 15 is 0 Å². The second-order valence-electron chi connectivity index (χ2n) is 5.11. The lowest BCUT2D eigenvalue weighted by atomic mass is 10.0. The minimum atomic E-state index is -0.788. The van der Waals surface area contributed by atoms with Gasteiger partial charge in [-0.15, -0.1) is 5.10 Å². The molecule has 6 heteroatoms. The second kappa shape index (κ2) is 6.97. The summed E-state index contributed by atoms with van der Waals surface area (Å²) in [4.78, 5) is 10.9. The fourth-order valence-corrected chi connectivity index (χ4v) is 2.25. The first-order valence-electron chi connectivity index (χ1n) is 7.21. The van der Waals surface area contributed by atoms with Crippen LogP contribution in [0, 0.1) is 5.92 Å². The molecule has 21 heavy (non-hydrogen) atoms. The first-order chi connectivity index (χ1) is 10.1. The Morgan fingerprint density at radius 1 is 1.29 bits per heavy atom. The maximum atomic E-state index is 10.9. The minimum Gasteiger partial charge on any atom is -0.481 e. The Labute approximate surface area is 123 Å². The lowest BCUT2D eigenvalue weighted by Crippen LogP contribution is -2.16. The van der Waals surface area contributed by atoms with Crippen LogP contribution in [0.3, 0.4) is 0 Å². The molecule has 2 rings (SSSR count). The van der Waals surface area contributed by atoms with Crippen LogP contribution in [0.4, 0.5) is 0 Å². The summed E-state index contributed by atoms with van der Waals surface area (Å²) in [6.45, 7) is 4.60. The van der Waals surface area contributed by atoms with E-state index in [1.54, 1.807) is 4.68 Å². The molecule has 1 unspecified atom stereocenters. The molecular weight excluding hydrogens is 268 g/mol. The molecule has 2 aromatic rings. The lowest BCUT2D eigenvalue weighted by Gasteiger charge is -2.13. The van der Waals surface area contributed by atoms with E-state index in [0.717, 1.165) is 18.4 Å². The summed E-state index contributed by atoms with van der Waals surface area (Å²) in [7, 11) is 0. The fraction of sp³-hybridized carbons (Fsp3) is 0.467. The number of carboxylic acids is 1. The predicted octanol–water partition coefficient (Wildman–Crippen LogP) is 2.40. The number of nitrogens with zero attached hydrogens (tertiary/aromatic N) is 4. The molecule has 112 valence electrons. The van der Waals surface area contributed by atoms with Crippen LogP contribution < -0.4 is 0 Å². The van der Waals surface area contributed by atoms with Gasteiger partial charge in [-0.1, -0.05) is 44.5 Å². The highest BCUT2D eigenvalue weighted by Crippen LogP contribution is 2.19. The molecule has 0 radical (unpaired) electrons. The molecule has 1 N–H and O–H groups in total. The monoisotopic (exact) mass is 288 g/mol. The number of hydrogen-bond donors (Lipinski definition) is 1. The smallest absolute Gasteiger partial charge is 0.303 e. The van der Waals surface area contributed by atoms with Gasteiger partial charge in [0.05, 0.1) is 0 Å². The van der Waals surface area contributed by atoms with Crippen molar-refractivity contribution in [3.8, 4) is 11.4 Å². The normalized spacial score (nSPS) is 12.3. The number of aryl methyl sites for hydroxylation is 1. The summed E-state index contributed by atoms with van der Waals surface area (Å²) in [5, 5.41) is 20.7. The van der Waals surface area contributed by atoms with Gasteiger partial charge in [-0.25, -0.2) is 4.68 Å². The van der Waals surface area contributed by atoms with Gasteiger partial charge in [0, 0.05) is 18.5 Å². The Hall–Kier alpha value is -2.24. The van der Waals surface area contributed by atoms with Crippen molar-refractivity contribution in [2.45, 2.75) is 39.7 Å². The molecule has 0 aliphatic rings. The molecule has 1 aromatic carbocycles. The number of benzene rings is 1. The number of hydrogen-bond acceptors (Lipinski definition) is 4. The Kier molecular flexibility index (Phi) is 5.03. The Morgan fingerprint density at radius 3 is 2.57 bits per heavy atom. The molecule has 0 saturated carbocycles. The number of carbonyl (C=O) groups is 1. The Morgan fingerprint density at radius 2 is 2.00 bits per heavy atom. The van der Waals surface area contributed by atoms with E-state index in [0.29, 0.717) is 12.4 Å². The summed E-state index contributed by atoms with van der Waals surface area (Å²) < 4.78 is 1.69. The molecule has 1 heterocycles. The highest BCUT2D eigenvalue weighted by atomic mass is 16.4. The summed E-state index contributed by atoms with van der Waals surface area (Å²) in [6.07, 6.45) is 1.90. The third-order valence-corrected chi connectivity index (χ3v) is 3.62. The van der Waals surface area contributed by atoms with Gasteiger partial charge in [-0.05, 0) is 28.3 Å². The zero-order valence-electron chi connectivity index (χ0n) is 12.4. The maximum absolute atomic E-state index is 10.9. The molecule has 0 aliphatic carbocycles. The van der Waals surface area contributed by atoms with Crippen molar-refractivity contribution in [2.24, 2.45) is 5.92 Å². The van der Waals surface area contributed by atoms with Crippen LogP contribution >= 0.6 is 0 Å². The molecule has 1 atom stereocenters. The van der Waals surface area contributed by atoms with Crippen LogP contribution in [0.25, 0.3) is 11.4 Å². The summed E-state index contributed by atoms with van der Waals surface area (Å²) in [5.41, 5.74) is 2.21. The van der Waals surface area contributed by atoms with Gasteiger partial charge < -0.3 is 5.11 Å². The van der Waals surface area contributed by atoms with E-state index in [2.05, 4.69) is 34.6 Å². The molecule has 6 nitrogen and oxygen atoms in total. The third kappa shape index (κ3) is 3.87. The first-order valence-corrected chi connectivity index (χ1v) is 7.21. The largest absolute Gasteiger partial charge is 0.481 e. The van der Waals surface area contributed by atoms with Crippen molar-refractivity contribution in [1.82, 2.24) is 20.2 Å². The number of tetrazole rings is 1. The van der Waals surface area contributed by atoms with Crippen molar-refractivity contribution >= 4 is 5.97 Å². The fourth-order valence-electron chi connectivity index (χ4n) is 2.25. The molecule has 0 saturated heterocycles. The van der Waals surface area contributed by atoms with Crippen LogP contribution in [0.5, 0.6) is 0 Å². The summed E-state index contributed by atoms with van der Waals surface area (Å²) in [6, 6.07) is 8.12. The van der Waals surface area contributed by atoms with E-state index in [4.69, 9.17) is 5.11 Å². The van der Waals surface area contributed by atoms with E-state index in [-0.39, 0.29) is 12.3 Å². The van der Waals surface area contributed by atoms with E-state index in [1.165, 1.54) is 5.56 Å². The number of carboxylic acid groups (broad SMARTS) is 1. The molecule has 0 bridgehead atoms. The predicted molar refractivity (Wildman–Crippen MR) is 78.7 cm³/mol. The average Bonchev–Trinajstić information content (AvgIpc) is 2.94. The third-order valence-electron chi connectivity index (χ3n) is 3.62. The summed E-state index contributed by atoms with van der Waals surface area (Å²) >= 11 is 0. The molecule has 1 aromatic heterocycles. The Bertz CT molecular complexity index is 592. The second-order valence-corrected chi connectivity index (χ2v) is 5.11. The quantitative estimate of drug-likeness (QED) is 0.846. The van der Waals surface area contributed by atoms with Crippen molar-refractivity contribution in [3.05, 3.63) is 29.8 Å². The zero-order valence-corrected chi connectivity index (χ0v) is 12.4. The zero-order chi connectivity index (χ0) is 15.2. The van der Waals surface area contributed by atoms with Crippen molar-refractivity contribution in [2.75, 3.05) is 0 Å².